The summed E-state index contributed by atoms with van der Waals surface area (Å²) in [7, 11) is 0. The summed E-state index contributed by atoms with van der Waals surface area (Å²) >= 11 is 3.61. The Hall–Kier alpha value is -0.830. The molecule has 1 aliphatic carbocycles. The Kier molecular flexibility index (Phi) is 6.08. The van der Waals surface area contributed by atoms with Gasteiger partial charge < -0.3 is 5.32 Å². The van der Waals surface area contributed by atoms with Crippen LogP contribution in [0.25, 0.3) is 0 Å². The van der Waals surface area contributed by atoms with Crippen molar-refractivity contribution >= 4 is 21.8 Å². The maximum absolute atomic E-state index is 12.0. The van der Waals surface area contributed by atoms with E-state index in [1.54, 1.807) is 0 Å². The highest BCUT2D eigenvalue weighted by Gasteiger charge is 2.24. The number of benzene rings is 1. The predicted octanol–water partition coefficient (Wildman–Crippen LogP) is 3.86. The van der Waals surface area contributed by atoms with Crippen molar-refractivity contribution in [2.75, 3.05) is 11.9 Å². The number of aryl methyl sites for hydroxylation is 1. The average molecular weight is 338 g/mol. The average Bonchev–Trinajstić information content (AvgIpc) is 2.48. The summed E-state index contributed by atoms with van der Waals surface area (Å²) in [4.78, 5) is 12.0. The maximum atomic E-state index is 12.0. The molecule has 1 amide bonds. The number of carbonyl (C=O) groups is 1. The molecular formula is C17H24BrNO. The van der Waals surface area contributed by atoms with Gasteiger partial charge in [-0.15, -0.1) is 0 Å². The van der Waals surface area contributed by atoms with Crippen LogP contribution in [0.4, 0.5) is 0 Å². The molecule has 2 nitrogen and oxygen atoms in total. The van der Waals surface area contributed by atoms with Gasteiger partial charge in [0.1, 0.15) is 0 Å². The van der Waals surface area contributed by atoms with Gasteiger partial charge in [-0.1, -0.05) is 58.6 Å². The monoisotopic (exact) mass is 337 g/mol. The number of carbonyl (C=O) groups excluding carboxylic acids is 1. The van der Waals surface area contributed by atoms with Gasteiger partial charge in [-0.2, -0.15) is 0 Å². The Bertz CT molecular complexity index is 429. The van der Waals surface area contributed by atoms with Crippen molar-refractivity contribution in [2.24, 2.45) is 11.8 Å². The van der Waals surface area contributed by atoms with Crippen LogP contribution in [-0.4, -0.2) is 17.8 Å². The Labute approximate surface area is 130 Å². The van der Waals surface area contributed by atoms with E-state index in [0.717, 1.165) is 23.4 Å². The summed E-state index contributed by atoms with van der Waals surface area (Å²) in [5.74, 6) is 1.52. The molecule has 0 saturated heterocycles. The van der Waals surface area contributed by atoms with E-state index in [1.165, 1.54) is 31.2 Å². The van der Waals surface area contributed by atoms with Crippen LogP contribution >= 0.6 is 15.9 Å². The molecule has 0 aromatic heterocycles. The van der Waals surface area contributed by atoms with Crippen molar-refractivity contribution in [3.05, 3.63) is 35.4 Å². The van der Waals surface area contributed by atoms with Crippen LogP contribution in [0.3, 0.4) is 0 Å². The van der Waals surface area contributed by atoms with E-state index in [0.29, 0.717) is 12.3 Å². The number of nitrogens with one attached hydrogen (secondary N) is 1. The second-order valence-electron chi connectivity index (χ2n) is 5.93. The lowest BCUT2D eigenvalue weighted by Gasteiger charge is -2.30. The van der Waals surface area contributed by atoms with Crippen LogP contribution in [0.2, 0.25) is 0 Å². The number of hydrogen-bond acceptors (Lipinski definition) is 1. The lowest BCUT2D eigenvalue weighted by atomic mass is 9.80. The molecule has 3 heteroatoms. The van der Waals surface area contributed by atoms with Crippen molar-refractivity contribution in [1.29, 1.82) is 0 Å². The highest BCUT2D eigenvalue weighted by Crippen LogP contribution is 2.30. The van der Waals surface area contributed by atoms with E-state index in [9.17, 15) is 4.79 Å². The van der Waals surface area contributed by atoms with Crippen LogP contribution in [0.15, 0.2) is 24.3 Å². The van der Waals surface area contributed by atoms with E-state index in [-0.39, 0.29) is 5.91 Å². The van der Waals surface area contributed by atoms with Crippen LogP contribution < -0.4 is 5.32 Å². The molecule has 0 radical (unpaired) electrons. The third kappa shape index (κ3) is 4.62. The minimum atomic E-state index is 0.146. The predicted molar refractivity (Wildman–Crippen MR) is 87.1 cm³/mol. The van der Waals surface area contributed by atoms with Crippen LogP contribution in [0.5, 0.6) is 0 Å². The molecule has 1 fully saturated rings. The van der Waals surface area contributed by atoms with Gasteiger partial charge in [-0.3, -0.25) is 4.79 Å². The normalized spacial score (nSPS) is 22.5. The molecule has 20 heavy (non-hydrogen) atoms. The molecule has 110 valence electrons. The molecule has 1 saturated carbocycles. The van der Waals surface area contributed by atoms with Gasteiger partial charge in [-0.05, 0) is 37.2 Å². The number of rotatable bonds is 5. The molecule has 0 spiro atoms. The van der Waals surface area contributed by atoms with E-state index in [1.807, 2.05) is 12.1 Å². The van der Waals surface area contributed by atoms with Crippen molar-refractivity contribution in [2.45, 2.75) is 39.0 Å². The number of hydrogen-bond donors (Lipinski definition) is 1. The van der Waals surface area contributed by atoms with Crippen molar-refractivity contribution < 1.29 is 4.79 Å². The smallest absolute Gasteiger partial charge is 0.224 e. The van der Waals surface area contributed by atoms with Gasteiger partial charge in [0.05, 0.1) is 6.42 Å². The molecule has 1 aromatic rings. The van der Waals surface area contributed by atoms with E-state index >= 15 is 0 Å². The molecular weight excluding hydrogens is 314 g/mol. The van der Waals surface area contributed by atoms with E-state index in [4.69, 9.17) is 0 Å². The van der Waals surface area contributed by atoms with Crippen molar-refractivity contribution in [3.8, 4) is 0 Å². The topological polar surface area (TPSA) is 29.1 Å². The minimum Gasteiger partial charge on any atom is -0.356 e. The zero-order chi connectivity index (χ0) is 14.4. The molecule has 2 unspecified atom stereocenters. The van der Waals surface area contributed by atoms with Crippen LogP contribution in [-0.2, 0) is 11.2 Å². The SMILES string of the molecule is Cc1ccc(CC(=O)NCC2CCCCC2CBr)cc1. The Morgan fingerprint density at radius 2 is 1.85 bits per heavy atom. The lowest BCUT2D eigenvalue weighted by molar-refractivity contribution is -0.120. The molecule has 0 heterocycles. The fraction of sp³-hybridized carbons (Fsp3) is 0.588. The van der Waals surface area contributed by atoms with Gasteiger partial charge in [-0.25, -0.2) is 0 Å². The molecule has 1 aromatic carbocycles. The Balaban J connectivity index is 1.78. The first kappa shape index (κ1) is 15.6. The fourth-order valence-electron chi connectivity index (χ4n) is 2.96. The highest BCUT2D eigenvalue weighted by atomic mass is 79.9. The van der Waals surface area contributed by atoms with Crippen LogP contribution in [0, 0.1) is 18.8 Å². The molecule has 1 N–H and O–H groups in total. The molecule has 2 rings (SSSR count). The summed E-state index contributed by atoms with van der Waals surface area (Å²) in [6.07, 6.45) is 5.68. The van der Waals surface area contributed by atoms with E-state index in [2.05, 4.69) is 40.3 Å². The van der Waals surface area contributed by atoms with Gasteiger partial charge in [0.2, 0.25) is 5.91 Å². The molecule has 1 aliphatic rings. The fourth-order valence-corrected chi connectivity index (χ4v) is 3.81. The summed E-state index contributed by atoms with van der Waals surface area (Å²) < 4.78 is 0. The summed E-state index contributed by atoms with van der Waals surface area (Å²) in [5, 5.41) is 4.18. The largest absolute Gasteiger partial charge is 0.356 e. The lowest BCUT2D eigenvalue weighted by Crippen LogP contribution is -2.35. The number of amides is 1. The van der Waals surface area contributed by atoms with Gasteiger partial charge in [0.15, 0.2) is 0 Å². The van der Waals surface area contributed by atoms with Crippen LogP contribution in [0.1, 0.15) is 36.8 Å². The van der Waals surface area contributed by atoms with Crippen molar-refractivity contribution in [1.82, 2.24) is 5.32 Å². The third-order valence-corrected chi connectivity index (χ3v) is 5.14. The summed E-state index contributed by atoms with van der Waals surface area (Å²) in [6.45, 7) is 2.90. The molecule has 2 atom stereocenters. The summed E-state index contributed by atoms with van der Waals surface area (Å²) in [5.41, 5.74) is 2.32. The third-order valence-electron chi connectivity index (χ3n) is 4.31. The van der Waals surface area contributed by atoms with Gasteiger partial charge in [0, 0.05) is 11.9 Å². The van der Waals surface area contributed by atoms with E-state index < -0.39 is 0 Å². The second kappa shape index (κ2) is 7.82. The first-order valence-electron chi connectivity index (χ1n) is 7.57. The quantitative estimate of drug-likeness (QED) is 0.812. The zero-order valence-corrected chi connectivity index (χ0v) is 13.8. The first-order valence-corrected chi connectivity index (χ1v) is 8.69. The van der Waals surface area contributed by atoms with Gasteiger partial charge >= 0.3 is 0 Å². The summed E-state index contributed by atoms with van der Waals surface area (Å²) in [6, 6.07) is 8.20. The maximum Gasteiger partial charge on any atom is 0.224 e. The Morgan fingerprint density at radius 3 is 2.50 bits per heavy atom. The van der Waals surface area contributed by atoms with Crippen molar-refractivity contribution in [3.63, 3.8) is 0 Å². The molecule has 0 bridgehead atoms. The minimum absolute atomic E-state index is 0.146. The highest BCUT2D eigenvalue weighted by molar-refractivity contribution is 9.09. The van der Waals surface area contributed by atoms with Gasteiger partial charge in [0.25, 0.3) is 0 Å². The number of halogens is 1. The Morgan fingerprint density at radius 1 is 1.20 bits per heavy atom. The number of alkyl halides is 1. The standard InChI is InChI=1S/C17H24BrNO/c1-13-6-8-14(9-7-13)10-17(20)19-12-16-5-3-2-4-15(16)11-18/h6-9,15-16H,2-5,10-12H2,1H3,(H,19,20). The molecule has 0 aliphatic heterocycles. The second-order valence-corrected chi connectivity index (χ2v) is 6.57. The zero-order valence-electron chi connectivity index (χ0n) is 12.2. The first-order chi connectivity index (χ1) is 9.69.